The summed E-state index contributed by atoms with van der Waals surface area (Å²) in [5.74, 6) is -3.93. The Bertz CT molecular complexity index is 1160. The van der Waals surface area contributed by atoms with E-state index in [4.69, 9.17) is 10.5 Å². The second-order valence-electron chi connectivity index (χ2n) is 9.54. The van der Waals surface area contributed by atoms with Crippen LogP contribution in [0.5, 0.6) is 0 Å². The SMILES string of the molecule is CN(C(=O)N(c1cccc(F)c1)C1CCN(C(=O)OC(C)(C)C)CC1)c1cc(C(N)=O)c(F)cc1F. The number of halogens is 3. The van der Waals surface area contributed by atoms with Crippen molar-refractivity contribution in [1.82, 2.24) is 4.90 Å². The molecule has 2 aromatic rings. The number of nitrogens with two attached hydrogens (primary N) is 1. The number of urea groups is 1. The van der Waals surface area contributed by atoms with Crippen LogP contribution < -0.4 is 15.5 Å². The summed E-state index contributed by atoms with van der Waals surface area (Å²) in [5, 5.41) is 0. The molecule has 1 aliphatic heterocycles. The Morgan fingerprint density at radius 2 is 1.67 bits per heavy atom. The molecule has 0 aromatic heterocycles. The van der Waals surface area contributed by atoms with E-state index in [1.54, 1.807) is 20.8 Å². The molecule has 36 heavy (non-hydrogen) atoms. The van der Waals surface area contributed by atoms with Crippen LogP contribution in [0.2, 0.25) is 0 Å². The van der Waals surface area contributed by atoms with Gasteiger partial charge in [-0.25, -0.2) is 22.8 Å². The quantitative estimate of drug-likeness (QED) is 0.652. The first-order valence-corrected chi connectivity index (χ1v) is 11.4. The number of primary amides is 1. The molecule has 0 bridgehead atoms. The van der Waals surface area contributed by atoms with E-state index in [-0.39, 0.29) is 24.5 Å². The highest BCUT2D eigenvalue weighted by Crippen LogP contribution is 2.29. The van der Waals surface area contributed by atoms with Gasteiger partial charge in [-0.05, 0) is 57.9 Å². The summed E-state index contributed by atoms with van der Waals surface area (Å²) in [4.78, 5) is 41.4. The Morgan fingerprint density at radius 1 is 1.03 bits per heavy atom. The van der Waals surface area contributed by atoms with Crippen LogP contribution in [0.25, 0.3) is 0 Å². The number of rotatable bonds is 4. The van der Waals surface area contributed by atoms with Gasteiger partial charge in [-0.3, -0.25) is 14.6 Å². The van der Waals surface area contributed by atoms with E-state index >= 15 is 0 Å². The number of carbonyl (C=O) groups excluding carboxylic acids is 3. The number of hydrogen-bond donors (Lipinski definition) is 1. The number of ether oxygens (including phenoxy) is 1. The maximum Gasteiger partial charge on any atom is 0.410 e. The van der Waals surface area contributed by atoms with Crippen molar-refractivity contribution in [2.45, 2.75) is 45.3 Å². The molecular formula is C25H29F3N4O4. The molecule has 0 atom stereocenters. The number of anilines is 2. The first kappa shape index (κ1) is 26.8. The molecule has 0 aliphatic carbocycles. The molecule has 0 saturated carbocycles. The van der Waals surface area contributed by atoms with Gasteiger partial charge in [-0.15, -0.1) is 0 Å². The predicted octanol–water partition coefficient (Wildman–Crippen LogP) is 4.67. The molecule has 1 heterocycles. The van der Waals surface area contributed by atoms with Crippen LogP contribution in [-0.4, -0.2) is 54.7 Å². The monoisotopic (exact) mass is 506 g/mol. The minimum Gasteiger partial charge on any atom is -0.444 e. The minimum absolute atomic E-state index is 0.222. The predicted molar refractivity (Wildman–Crippen MR) is 128 cm³/mol. The second kappa shape index (κ2) is 10.5. The summed E-state index contributed by atoms with van der Waals surface area (Å²) in [6.45, 7) is 5.83. The van der Waals surface area contributed by atoms with Crippen molar-refractivity contribution in [3.05, 3.63) is 59.4 Å². The standard InChI is InChI=1S/C25H29F3N4O4/c1-25(2,3)36-24(35)31-10-8-16(9-11-31)32(17-7-5-6-15(26)12-17)23(34)30(4)21-13-18(22(29)33)19(27)14-20(21)28/h5-7,12-14,16H,8-11H2,1-4H3,(H2,29,33). The summed E-state index contributed by atoms with van der Waals surface area (Å²) in [7, 11) is 1.26. The zero-order chi connectivity index (χ0) is 26.8. The molecule has 8 nitrogen and oxygen atoms in total. The number of nitrogens with zero attached hydrogens (tertiary/aromatic N) is 3. The third-order valence-corrected chi connectivity index (χ3v) is 5.72. The molecule has 3 rings (SSSR count). The maximum atomic E-state index is 14.6. The van der Waals surface area contributed by atoms with Gasteiger partial charge in [0.05, 0.1) is 11.3 Å². The molecule has 1 saturated heterocycles. The largest absolute Gasteiger partial charge is 0.444 e. The number of benzene rings is 2. The lowest BCUT2D eigenvalue weighted by molar-refractivity contribution is 0.0206. The lowest BCUT2D eigenvalue weighted by Crippen LogP contribution is -2.53. The van der Waals surface area contributed by atoms with Gasteiger partial charge in [-0.2, -0.15) is 0 Å². The van der Waals surface area contributed by atoms with Crippen molar-refractivity contribution in [2.75, 3.05) is 29.9 Å². The molecular weight excluding hydrogens is 477 g/mol. The lowest BCUT2D eigenvalue weighted by Gasteiger charge is -2.40. The van der Waals surface area contributed by atoms with Gasteiger partial charge in [0, 0.05) is 37.9 Å². The summed E-state index contributed by atoms with van der Waals surface area (Å²) in [5.41, 5.74) is 3.78. The average Bonchev–Trinajstić information content (AvgIpc) is 2.78. The fraction of sp³-hybridized carbons (Fsp3) is 0.400. The molecule has 1 aliphatic rings. The molecule has 2 N–H and O–H groups in total. The van der Waals surface area contributed by atoms with Gasteiger partial charge in [-0.1, -0.05) is 6.07 Å². The third kappa shape index (κ3) is 6.07. The van der Waals surface area contributed by atoms with Crippen LogP contribution in [0.4, 0.5) is 34.1 Å². The minimum atomic E-state index is -1.15. The Hall–Kier alpha value is -3.76. The fourth-order valence-corrected chi connectivity index (χ4v) is 3.98. The molecule has 4 amide bonds. The summed E-state index contributed by atoms with van der Waals surface area (Å²) < 4.78 is 48.1. The van der Waals surface area contributed by atoms with Gasteiger partial charge in [0.15, 0.2) is 0 Å². The smallest absolute Gasteiger partial charge is 0.410 e. The third-order valence-electron chi connectivity index (χ3n) is 5.72. The van der Waals surface area contributed by atoms with E-state index in [0.29, 0.717) is 18.9 Å². The van der Waals surface area contributed by atoms with Gasteiger partial charge in [0.2, 0.25) is 0 Å². The molecule has 0 radical (unpaired) electrons. The van der Waals surface area contributed by atoms with Crippen molar-refractivity contribution >= 4 is 29.4 Å². The van der Waals surface area contributed by atoms with Crippen molar-refractivity contribution < 1.29 is 32.3 Å². The van der Waals surface area contributed by atoms with E-state index in [9.17, 15) is 27.6 Å². The van der Waals surface area contributed by atoms with E-state index in [2.05, 4.69) is 0 Å². The Kier molecular flexibility index (Phi) is 7.80. The molecule has 1 fully saturated rings. The van der Waals surface area contributed by atoms with E-state index in [1.807, 2.05) is 0 Å². The molecule has 11 heteroatoms. The number of amides is 4. The summed E-state index contributed by atoms with van der Waals surface area (Å²) in [6, 6.07) is 5.48. The Labute approximate surface area is 207 Å². The van der Waals surface area contributed by atoms with Gasteiger partial charge < -0.3 is 15.4 Å². The number of carbonyl (C=O) groups is 3. The van der Waals surface area contributed by atoms with Gasteiger partial charge >= 0.3 is 12.1 Å². The molecule has 194 valence electrons. The highest BCUT2D eigenvalue weighted by molar-refractivity contribution is 6.04. The van der Waals surface area contributed by atoms with Crippen molar-refractivity contribution in [2.24, 2.45) is 5.73 Å². The molecule has 0 unspecified atom stereocenters. The van der Waals surface area contributed by atoms with Crippen molar-refractivity contribution in [1.29, 1.82) is 0 Å². The van der Waals surface area contributed by atoms with Crippen molar-refractivity contribution in [3.63, 3.8) is 0 Å². The van der Waals surface area contributed by atoms with E-state index in [0.717, 1.165) is 11.0 Å². The first-order chi connectivity index (χ1) is 16.8. The number of piperidine rings is 1. The van der Waals surface area contributed by atoms with Gasteiger partial charge in [0.25, 0.3) is 5.91 Å². The Balaban J connectivity index is 1.90. The van der Waals surface area contributed by atoms with Crippen LogP contribution in [-0.2, 0) is 4.74 Å². The maximum absolute atomic E-state index is 14.6. The normalized spacial score (nSPS) is 14.4. The fourth-order valence-electron chi connectivity index (χ4n) is 3.98. The van der Waals surface area contributed by atoms with E-state index < -0.39 is 52.7 Å². The van der Waals surface area contributed by atoms with Crippen LogP contribution >= 0.6 is 0 Å². The van der Waals surface area contributed by atoms with Crippen LogP contribution in [0.3, 0.4) is 0 Å². The first-order valence-electron chi connectivity index (χ1n) is 11.4. The summed E-state index contributed by atoms with van der Waals surface area (Å²) in [6.07, 6.45) is 0.204. The highest BCUT2D eigenvalue weighted by Gasteiger charge is 2.35. The Morgan fingerprint density at radius 3 is 2.22 bits per heavy atom. The van der Waals surface area contributed by atoms with Crippen LogP contribution in [0.1, 0.15) is 44.0 Å². The van der Waals surface area contributed by atoms with Crippen LogP contribution in [0.15, 0.2) is 36.4 Å². The number of hydrogen-bond acceptors (Lipinski definition) is 4. The number of likely N-dealkylation sites (tertiary alicyclic amines) is 1. The average molecular weight is 507 g/mol. The van der Waals surface area contributed by atoms with Gasteiger partial charge in [0.1, 0.15) is 23.1 Å². The molecule has 0 spiro atoms. The van der Waals surface area contributed by atoms with E-state index in [1.165, 1.54) is 41.1 Å². The summed E-state index contributed by atoms with van der Waals surface area (Å²) >= 11 is 0. The zero-order valence-corrected chi connectivity index (χ0v) is 20.6. The topological polar surface area (TPSA) is 96.2 Å². The lowest BCUT2D eigenvalue weighted by atomic mass is 10.0. The van der Waals surface area contributed by atoms with Crippen molar-refractivity contribution in [3.8, 4) is 0 Å². The second-order valence-corrected chi connectivity index (χ2v) is 9.54. The highest BCUT2D eigenvalue weighted by atomic mass is 19.1. The van der Waals surface area contributed by atoms with Crippen LogP contribution in [0, 0.1) is 17.5 Å². The zero-order valence-electron chi connectivity index (χ0n) is 20.6. The molecule has 2 aromatic carbocycles.